The molecule has 1 fully saturated rings. The number of rotatable bonds is 3. The van der Waals surface area contributed by atoms with Gasteiger partial charge in [0.25, 0.3) is 0 Å². The molecule has 0 aromatic heterocycles. The Kier molecular flexibility index (Phi) is 5.23. The smallest absolute Gasteiger partial charge is 0.410 e. The predicted molar refractivity (Wildman–Crippen MR) is 88.9 cm³/mol. The van der Waals surface area contributed by atoms with Gasteiger partial charge in [-0.25, -0.2) is 4.79 Å². The third-order valence-electron chi connectivity index (χ3n) is 3.60. The Labute approximate surface area is 137 Å². The second kappa shape index (κ2) is 6.98. The van der Waals surface area contributed by atoms with Crippen molar-refractivity contribution < 1.29 is 19.0 Å². The highest BCUT2D eigenvalue weighted by Gasteiger charge is 2.27. The van der Waals surface area contributed by atoms with Gasteiger partial charge in [0.1, 0.15) is 23.2 Å². The van der Waals surface area contributed by atoms with Gasteiger partial charge < -0.3 is 24.8 Å². The molecule has 0 atom stereocenters. The van der Waals surface area contributed by atoms with Gasteiger partial charge in [0.05, 0.1) is 12.8 Å². The van der Waals surface area contributed by atoms with E-state index in [0.29, 0.717) is 24.5 Å². The molecule has 1 heterocycles. The number of anilines is 1. The fourth-order valence-corrected chi connectivity index (χ4v) is 2.44. The first-order chi connectivity index (χ1) is 10.8. The van der Waals surface area contributed by atoms with Crippen LogP contribution in [0.4, 0.5) is 10.5 Å². The molecule has 1 amide bonds. The monoisotopic (exact) mass is 322 g/mol. The van der Waals surface area contributed by atoms with Gasteiger partial charge in [-0.15, -0.1) is 0 Å². The molecule has 1 saturated heterocycles. The summed E-state index contributed by atoms with van der Waals surface area (Å²) < 4.78 is 16.6. The van der Waals surface area contributed by atoms with Crippen LogP contribution in [-0.2, 0) is 4.74 Å². The van der Waals surface area contributed by atoms with Gasteiger partial charge in [-0.1, -0.05) is 0 Å². The Morgan fingerprint density at radius 3 is 2.48 bits per heavy atom. The molecule has 0 saturated carbocycles. The minimum atomic E-state index is -0.467. The molecule has 0 radical (unpaired) electrons. The third-order valence-corrected chi connectivity index (χ3v) is 3.60. The molecular formula is C17H26N2O4. The lowest BCUT2D eigenvalue weighted by Crippen LogP contribution is -2.44. The predicted octanol–water partition coefficient (Wildman–Crippen LogP) is 3.06. The van der Waals surface area contributed by atoms with Gasteiger partial charge in [0, 0.05) is 32.0 Å². The lowest BCUT2D eigenvalue weighted by molar-refractivity contribution is 0.0126. The molecule has 0 bridgehead atoms. The molecule has 1 aliphatic heterocycles. The first-order valence-corrected chi connectivity index (χ1v) is 7.86. The topological polar surface area (TPSA) is 74.0 Å². The highest BCUT2D eigenvalue weighted by Crippen LogP contribution is 2.28. The van der Waals surface area contributed by atoms with E-state index in [1.165, 1.54) is 0 Å². The molecule has 1 aliphatic rings. The number of ether oxygens (including phenoxy) is 3. The van der Waals surface area contributed by atoms with Crippen LogP contribution >= 0.6 is 0 Å². The number of hydrogen-bond donors (Lipinski definition) is 1. The van der Waals surface area contributed by atoms with Gasteiger partial charge in [-0.3, -0.25) is 0 Å². The Balaban J connectivity index is 1.86. The summed E-state index contributed by atoms with van der Waals surface area (Å²) in [6.45, 7) is 6.87. The van der Waals surface area contributed by atoms with Crippen molar-refractivity contribution in [1.82, 2.24) is 4.90 Å². The molecule has 0 aliphatic carbocycles. The molecule has 6 heteroatoms. The van der Waals surface area contributed by atoms with Gasteiger partial charge in [-0.05, 0) is 32.9 Å². The molecule has 6 nitrogen and oxygen atoms in total. The van der Waals surface area contributed by atoms with Gasteiger partial charge in [0.15, 0.2) is 0 Å². The van der Waals surface area contributed by atoms with Gasteiger partial charge >= 0.3 is 6.09 Å². The van der Waals surface area contributed by atoms with Crippen molar-refractivity contribution in [2.24, 2.45) is 0 Å². The van der Waals surface area contributed by atoms with Crippen molar-refractivity contribution in [3.8, 4) is 11.5 Å². The molecule has 0 spiro atoms. The van der Waals surface area contributed by atoms with Crippen LogP contribution in [0, 0.1) is 0 Å². The van der Waals surface area contributed by atoms with Crippen LogP contribution in [0.25, 0.3) is 0 Å². The third kappa shape index (κ3) is 4.94. The minimum Gasteiger partial charge on any atom is -0.494 e. The highest BCUT2D eigenvalue weighted by molar-refractivity contribution is 5.68. The van der Waals surface area contributed by atoms with E-state index in [1.807, 2.05) is 26.8 Å². The van der Waals surface area contributed by atoms with E-state index in [1.54, 1.807) is 24.1 Å². The normalized spacial score (nSPS) is 16.1. The van der Waals surface area contributed by atoms with E-state index in [0.717, 1.165) is 18.6 Å². The summed E-state index contributed by atoms with van der Waals surface area (Å²) in [6.07, 6.45) is 1.35. The number of carbonyl (C=O) groups is 1. The summed E-state index contributed by atoms with van der Waals surface area (Å²) in [5, 5.41) is 0. The van der Waals surface area contributed by atoms with Crippen LogP contribution in [0.2, 0.25) is 0 Å². The quantitative estimate of drug-likeness (QED) is 0.866. The number of benzene rings is 1. The van der Waals surface area contributed by atoms with Crippen LogP contribution < -0.4 is 15.2 Å². The molecule has 2 N–H and O–H groups in total. The van der Waals surface area contributed by atoms with Crippen molar-refractivity contribution in [3.63, 3.8) is 0 Å². The fraction of sp³-hybridized carbons (Fsp3) is 0.588. The number of nitrogen functional groups attached to an aromatic ring is 1. The van der Waals surface area contributed by atoms with E-state index in [4.69, 9.17) is 19.9 Å². The zero-order valence-corrected chi connectivity index (χ0v) is 14.3. The lowest BCUT2D eigenvalue weighted by Gasteiger charge is -2.33. The van der Waals surface area contributed by atoms with Crippen LogP contribution in [0.5, 0.6) is 11.5 Å². The van der Waals surface area contributed by atoms with Crippen molar-refractivity contribution in [1.29, 1.82) is 0 Å². The molecule has 0 unspecified atom stereocenters. The number of likely N-dealkylation sites (tertiary alicyclic amines) is 1. The van der Waals surface area contributed by atoms with Crippen molar-refractivity contribution in [2.75, 3.05) is 25.9 Å². The van der Waals surface area contributed by atoms with E-state index >= 15 is 0 Å². The van der Waals surface area contributed by atoms with E-state index in [-0.39, 0.29) is 12.2 Å². The molecule has 2 rings (SSSR count). The van der Waals surface area contributed by atoms with Gasteiger partial charge in [-0.2, -0.15) is 0 Å². The van der Waals surface area contributed by atoms with Gasteiger partial charge in [0.2, 0.25) is 0 Å². The van der Waals surface area contributed by atoms with E-state index < -0.39 is 5.60 Å². The Bertz CT molecular complexity index is 546. The number of methoxy groups -OCH3 is 1. The summed E-state index contributed by atoms with van der Waals surface area (Å²) in [6, 6.07) is 5.39. The molecule has 128 valence electrons. The van der Waals surface area contributed by atoms with E-state index in [2.05, 4.69) is 0 Å². The number of hydrogen-bond acceptors (Lipinski definition) is 5. The Morgan fingerprint density at radius 1 is 1.26 bits per heavy atom. The number of piperidine rings is 1. The molecule has 23 heavy (non-hydrogen) atoms. The average molecular weight is 322 g/mol. The number of nitrogens with zero attached hydrogens (tertiary/aromatic N) is 1. The van der Waals surface area contributed by atoms with E-state index in [9.17, 15) is 4.79 Å². The summed E-state index contributed by atoms with van der Waals surface area (Å²) in [7, 11) is 1.58. The standard InChI is InChI=1S/C17H26N2O4/c1-17(2,3)23-16(20)19-9-7-12(8-10-19)22-13-5-6-14(18)15(11-13)21-4/h5-6,11-12H,7-10,18H2,1-4H3. The van der Waals surface area contributed by atoms with Crippen LogP contribution in [0.1, 0.15) is 33.6 Å². The highest BCUT2D eigenvalue weighted by atomic mass is 16.6. The average Bonchev–Trinajstić information content (AvgIpc) is 2.48. The Morgan fingerprint density at radius 2 is 1.91 bits per heavy atom. The molecular weight excluding hydrogens is 296 g/mol. The van der Waals surface area contributed by atoms with Crippen molar-refractivity contribution >= 4 is 11.8 Å². The second-order valence-electron chi connectivity index (χ2n) is 6.69. The van der Waals surface area contributed by atoms with Crippen LogP contribution in [0.15, 0.2) is 18.2 Å². The fourth-order valence-electron chi connectivity index (χ4n) is 2.44. The first kappa shape index (κ1) is 17.2. The maximum Gasteiger partial charge on any atom is 0.410 e. The molecule has 1 aromatic rings. The largest absolute Gasteiger partial charge is 0.494 e. The SMILES string of the molecule is COc1cc(OC2CCN(C(=O)OC(C)(C)C)CC2)ccc1N. The maximum absolute atomic E-state index is 12.0. The zero-order chi connectivity index (χ0) is 17.0. The molecule has 1 aromatic carbocycles. The summed E-state index contributed by atoms with van der Waals surface area (Å²) >= 11 is 0. The zero-order valence-electron chi connectivity index (χ0n) is 14.3. The maximum atomic E-state index is 12.0. The summed E-state index contributed by atoms with van der Waals surface area (Å²) in [5.74, 6) is 1.33. The summed E-state index contributed by atoms with van der Waals surface area (Å²) in [5.41, 5.74) is 5.91. The Hall–Kier alpha value is -2.11. The first-order valence-electron chi connectivity index (χ1n) is 7.86. The van der Waals surface area contributed by atoms with Crippen LogP contribution in [-0.4, -0.2) is 42.9 Å². The van der Waals surface area contributed by atoms with Crippen molar-refractivity contribution in [2.45, 2.75) is 45.3 Å². The lowest BCUT2D eigenvalue weighted by atomic mass is 10.1. The minimum absolute atomic E-state index is 0.0713. The number of nitrogens with two attached hydrogens (primary N) is 1. The summed E-state index contributed by atoms with van der Waals surface area (Å²) in [4.78, 5) is 13.8. The number of amides is 1. The second-order valence-corrected chi connectivity index (χ2v) is 6.69. The van der Waals surface area contributed by atoms with Crippen molar-refractivity contribution in [3.05, 3.63) is 18.2 Å². The van der Waals surface area contributed by atoms with Crippen LogP contribution in [0.3, 0.4) is 0 Å². The number of carbonyl (C=O) groups excluding carboxylic acids is 1.